The lowest BCUT2D eigenvalue weighted by atomic mass is 9.99. The minimum Gasteiger partial charge on any atom is -0.494 e. The van der Waals surface area contributed by atoms with Crippen LogP contribution in [0.15, 0.2) is 85.3 Å². The van der Waals surface area contributed by atoms with Crippen molar-refractivity contribution in [1.29, 1.82) is 0 Å². The number of benzene rings is 3. The maximum Gasteiger partial charge on any atom is 0.203 e. The van der Waals surface area contributed by atoms with Crippen LogP contribution in [0, 0.1) is 0 Å². The number of pyridine rings is 2. The number of ether oxygens (including phenoxy) is 7. The van der Waals surface area contributed by atoms with Crippen molar-refractivity contribution < 1.29 is 33.2 Å². The molecule has 0 atom stereocenters. The van der Waals surface area contributed by atoms with Gasteiger partial charge in [-0.2, -0.15) is 0 Å². The highest BCUT2D eigenvalue weighted by atomic mass is 35.5. The summed E-state index contributed by atoms with van der Waals surface area (Å²) in [6.07, 6.45) is 7.72. The van der Waals surface area contributed by atoms with Crippen LogP contribution in [0.4, 0.5) is 5.69 Å². The second-order valence-corrected chi connectivity index (χ2v) is 13.0. The van der Waals surface area contributed by atoms with Gasteiger partial charge in [0.25, 0.3) is 0 Å². The highest BCUT2D eigenvalue weighted by molar-refractivity contribution is 5.86. The molecule has 1 aliphatic rings. The second-order valence-electron chi connectivity index (χ2n) is 13.0. The van der Waals surface area contributed by atoms with Crippen molar-refractivity contribution >= 4 is 42.9 Å². The van der Waals surface area contributed by atoms with Crippen LogP contribution < -0.4 is 38.1 Å². The molecule has 57 heavy (non-hydrogen) atoms. The Balaban J connectivity index is 0.00000290. The van der Waals surface area contributed by atoms with Gasteiger partial charge in [-0.3, -0.25) is 14.9 Å². The van der Waals surface area contributed by atoms with Crippen molar-refractivity contribution in [1.82, 2.24) is 14.9 Å². The minimum atomic E-state index is 0. The van der Waals surface area contributed by atoms with Gasteiger partial charge in [0.1, 0.15) is 5.75 Å². The molecular formula is C43H53Cl3N4O7. The molecule has 1 fully saturated rings. The van der Waals surface area contributed by atoms with Gasteiger partial charge in [0, 0.05) is 67.6 Å². The molecule has 0 saturated carbocycles. The van der Waals surface area contributed by atoms with Crippen molar-refractivity contribution in [2.24, 2.45) is 0 Å². The molecular weight excluding hydrogens is 791 g/mol. The third-order valence-electron chi connectivity index (χ3n) is 9.81. The highest BCUT2D eigenvalue weighted by Gasteiger charge is 2.26. The van der Waals surface area contributed by atoms with Gasteiger partial charge in [-0.1, -0.05) is 0 Å². The standard InChI is InChI=1S/C43H50N4O7.3ClH/c1-8-54-36-11-9-34(10-12-36)47(28-29-13-16-45-37(20-29)32-23-40(50-4)43(53-7)41(24-32)51-5)35-14-17-46(18-15-35)27-30-19-33(26-44-25-30)31-21-38(48-2)42(52-6)39(22-31)49-3;;;/h9-13,16,19-26,35H,8,14-15,17-18,27-28H2,1-7H3;3*1H. The lowest BCUT2D eigenvalue weighted by Gasteiger charge is -2.40. The zero-order valence-corrected chi connectivity index (χ0v) is 35.9. The quantitative estimate of drug-likeness (QED) is 0.0952. The van der Waals surface area contributed by atoms with E-state index in [1.807, 2.05) is 49.8 Å². The number of methoxy groups -OCH3 is 6. The van der Waals surface area contributed by atoms with Crippen molar-refractivity contribution in [2.45, 2.75) is 38.9 Å². The Labute approximate surface area is 354 Å². The molecule has 11 nitrogen and oxygen atoms in total. The van der Waals surface area contributed by atoms with Gasteiger partial charge < -0.3 is 38.1 Å². The van der Waals surface area contributed by atoms with Gasteiger partial charge in [-0.25, -0.2) is 0 Å². The summed E-state index contributed by atoms with van der Waals surface area (Å²) in [6, 6.07) is 23.0. The predicted octanol–water partition coefficient (Wildman–Crippen LogP) is 9.20. The largest absolute Gasteiger partial charge is 0.494 e. The average molecular weight is 844 g/mol. The molecule has 0 N–H and O–H groups in total. The Hall–Kier alpha value is -4.81. The van der Waals surface area contributed by atoms with E-state index >= 15 is 0 Å². The van der Waals surface area contributed by atoms with Crippen molar-refractivity contribution in [3.05, 3.63) is 96.4 Å². The first-order valence-electron chi connectivity index (χ1n) is 18.1. The number of piperidine rings is 1. The van der Waals surface area contributed by atoms with Crippen molar-refractivity contribution in [3.63, 3.8) is 0 Å². The van der Waals surface area contributed by atoms with E-state index in [2.05, 4.69) is 57.2 Å². The molecule has 0 bridgehead atoms. The fourth-order valence-corrected chi connectivity index (χ4v) is 7.11. The SMILES string of the molecule is CCOc1ccc(N(Cc2ccnc(-c3cc(OC)c(OC)c(OC)c3)c2)C2CCN(Cc3cncc(-c4cc(OC)c(OC)c(OC)c4)c3)CC2)cc1.Cl.Cl.Cl. The van der Waals surface area contributed by atoms with Gasteiger partial charge in [-0.15, -0.1) is 37.2 Å². The first-order chi connectivity index (χ1) is 26.4. The molecule has 5 aromatic rings. The van der Waals surface area contributed by atoms with Crippen LogP contribution >= 0.6 is 37.2 Å². The van der Waals surface area contributed by atoms with E-state index in [9.17, 15) is 0 Å². The molecule has 0 unspecified atom stereocenters. The number of nitrogens with zero attached hydrogens (tertiary/aromatic N) is 4. The summed E-state index contributed by atoms with van der Waals surface area (Å²) < 4.78 is 39.3. The molecule has 0 radical (unpaired) electrons. The average Bonchev–Trinajstić information content (AvgIpc) is 3.22. The molecule has 0 amide bonds. The number of hydrogen-bond donors (Lipinski definition) is 0. The normalized spacial score (nSPS) is 12.5. The van der Waals surface area contributed by atoms with E-state index in [1.165, 1.54) is 0 Å². The molecule has 0 spiro atoms. The summed E-state index contributed by atoms with van der Waals surface area (Å²) in [7, 11) is 9.71. The summed E-state index contributed by atoms with van der Waals surface area (Å²) in [5.41, 5.74) is 7.12. The molecule has 3 aromatic carbocycles. The molecule has 14 heteroatoms. The minimum absolute atomic E-state index is 0. The fraction of sp³-hybridized carbons (Fsp3) is 0.349. The molecule has 3 heterocycles. The topological polar surface area (TPSA) is 96.9 Å². The first kappa shape index (κ1) is 46.6. The van der Waals surface area contributed by atoms with Crippen LogP contribution in [0.3, 0.4) is 0 Å². The monoisotopic (exact) mass is 842 g/mol. The number of aromatic nitrogens is 2. The van der Waals surface area contributed by atoms with Gasteiger partial charge in [0.05, 0.1) is 55.0 Å². The zero-order chi connectivity index (χ0) is 38.0. The fourth-order valence-electron chi connectivity index (χ4n) is 7.11. The number of hydrogen-bond acceptors (Lipinski definition) is 11. The Kier molecular flexibility index (Phi) is 18.1. The summed E-state index contributed by atoms with van der Waals surface area (Å²) in [5, 5.41) is 0. The predicted molar refractivity (Wildman–Crippen MR) is 232 cm³/mol. The van der Waals surface area contributed by atoms with Crippen LogP contribution in [-0.4, -0.2) is 83.3 Å². The Morgan fingerprint density at radius 2 is 1.19 bits per heavy atom. The summed E-state index contributed by atoms with van der Waals surface area (Å²) in [4.78, 5) is 14.4. The summed E-state index contributed by atoms with van der Waals surface area (Å²) >= 11 is 0. The lowest BCUT2D eigenvalue weighted by Crippen LogP contribution is -2.44. The van der Waals surface area contributed by atoms with Gasteiger partial charge in [-0.05, 0) is 103 Å². The zero-order valence-electron chi connectivity index (χ0n) is 33.5. The van der Waals surface area contributed by atoms with Crippen LogP contribution in [0.25, 0.3) is 22.4 Å². The van der Waals surface area contributed by atoms with Crippen LogP contribution in [0.1, 0.15) is 30.9 Å². The van der Waals surface area contributed by atoms with E-state index in [0.29, 0.717) is 47.1 Å². The van der Waals surface area contributed by atoms with Crippen molar-refractivity contribution in [3.8, 4) is 62.6 Å². The number of anilines is 1. The molecule has 308 valence electrons. The van der Waals surface area contributed by atoms with Crippen molar-refractivity contribution in [2.75, 3.05) is 67.3 Å². The Morgan fingerprint density at radius 3 is 1.72 bits per heavy atom. The summed E-state index contributed by atoms with van der Waals surface area (Å²) in [5.74, 6) is 4.39. The van der Waals surface area contributed by atoms with Crippen LogP contribution in [0.5, 0.6) is 40.2 Å². The number of likely N-dealkylation sites (tertiary alicyclic amines) is 1. The Morgan fingerprint density at radius 1 is 0.632 bits per heavy atom. The highest BCUT2D eigenvalue weighted by Crippen LogP contribution is 2.42. The maximum absolute atomic E-state index is 5.78. The van der Waals surface area contributed by atoms with E-state index in [0.717, 1.165) is 84.0 Å². The third kappa shape index (κ3) is 11.0. The molecule has 0 aliphatic carbocycles. The molecule has 2 aromatic heterocycles. The van der Waals surface area contributed by atoms with Crippen LogP contribution in [0.2, 0.25) is 0 Å². The maximum atomic E-state index is 5.78. The first-order valence-corrected chi connectivity index (χ1v) is 18.1. The molecule has 1 saturated heterocycles. The molecule has 6 rings (SSSR count). The third-order valence-corrected chi connectivity index (χ3v) is 9.81. The smallest absolute Gasteiger partial charge is 0.203 e. The Bertz CT molecular complexity index is 1960. The van der Waals surface area contributed by atoms with E-state index in [4.69, 9.17) is 38.1 Å². The van der Waals surface area contributed by atoms with E-state index < -0.39 is 0 Å². The van der Waals surface area contributed by atoms with Crippen LogP contribution in [-0.2, 0) is 13.1 Å². The van der Waals surface area contributed by atoms with Gasteiger partial charge in [0.2, 0.25) is 11.5 Å². The number of halogens is 3. The number of rotatable bonds is 16. The molecule has 1 aliphatic heterocycles. The van der Waals surface area contributed by atoms with E-state index in [-0.39, 0.29) is 37.2 Å². The van der Waals surface area contributed by atoms with Gasteiger partial charge >= 0.3 is 0 Å². The van der Waals surface area contributed by atoms with E-state index in [1.54, 1.807) is 42.7 Å². The second kappa shape index (κ2) is 22.2. The summed E-state index contributed by atoms with van der Waals surface area (Å²) in [6.45, 7) is 6.08. The lowest BCUT2D eigenvalue weighted by molar-refractivity contribution is 0.200. The van der Waals surface area contributed by atoms with Gasteiger partial charge in [0.15, 0.2) is 23.0 Å².